The predicted molar refractivity (Wildman–Crippen MR) is 113 cm³/mol. The topological polar surface area (TPSA) is 60.5 Å². The second-order valence-corrected chi connectivity index (χ2v) is 7.21. The highest BCUT2D eigenvalue weighted by molar-refractivity contribution is 6.38. The van der Waals surface area contributed by atoms with Crippen molar-refractivity contribution >= 4 is 51.4 Å². The van der Waals surface area contributed by atoms with E-state index < -0.39 is 5.97 Å². The summed E-state index contributed by atoms with van der Waals surface area (Å²) < 4.78 is 10.8. The lowest BCUT2D eigenvalue weighted by Crippen LogP contribution is -2.09. The van der Waals surface area contributed by atoms with Gasteiger partial charge in [0.25, 0.3) is 0 Å². The van der Waals surface area contributed by atoms with Gasteiger partial charge in [0.2, 0.25) is 0 Å². The second-order valence-electron chi connectivity index (χ2n) is 6.37. The molecular formula is C21H20Cl2N2O3. The van der Waals surface area contributed by atoms with E-state index in [1.54, 1.807) is 19.1 Å². The van der Waals surface area contributed by atoms with Crippen LogP contribution in [-0.4, -0.2) is 23.7 Å². The Balaban J connectivity index is 2.08. The van der Waals surface area contributed by atoms with Crippen LogP contribution in [0.4, 0.5) is 11.4 Å². The van der Waals surface area contributed by atoms with Crippen LogP contribution in [0, 0.1) is 0 Å². The first-order valence-corrected chi connectivity index (χ1v) is 9.63. The molecule has 0 aliphatic carbocycles. The van der Waals surface area contributed by atoms with Crippen molar-refractivity contribution in [3.63, 3.8) is 0 Å². The number of nitrogens with zero attached hydrogens (tertiary/aromatic N) is 1. The number of hydrogen-bond acceptors (Lipinski definition) is 5. The quantitative estimate of drug-likeness (QED) is 0.479. The smallest absolute Gasteiger partial charge is 0.341 e. The van der Waals surface area contributed by atoms with Crippen molar-refractivity contribution in [1.82, 2.24) is 4.98 Å². The summed E-state index contributed by atoms with van der Waals surface area (Å²) in [6.07, 6.45) is 1.54. The molecule has 0 atom stereocenters. The van der Waals surface area contributed by atoms with Gasteiger partial charge >= 0.3 is 5.97 Å². The Morgan fingerprint density at radius 1 is 1.18 bits per heavy atom. The highest BCUT2D eigenvalue weighted by Crippen LogP contribution is 2.35. The summed E-state index contributed by atoms with van der Waals surface area (Å²) in [5.41, 5.74) is 2.15. The fourth-order valence-corrected chi connectivity index (χ4v) is 3.30. The molecule has 7 heteroatoms. The molecule has 0 spiro atoms. The highest BCUT2D eigenvalue weighted by atomic mass is 35.5. The first kappa shape index (κ1) is 20.2. The van der Waals surface area contributed by atoms with E-state index in [4.69, 9.17) is 32.7 Å². The van der Waals surface area contributed by atoms with Gasteiger partial charge in [0, 0.05) is 22.3 Å². The SMILES string of the molecule is CCOC(=O)c1cnc2c(Cl)cc(Cl)cc2c1Nc1ccc(OC(C)C)cc1. The number of hydrogen-bond donors (Lipinski definition) is 1. The van der Waals surface area contributed by atoms with Crippen molar-refractivity contribution in [2.45, 2.75) is 26.9 Å². The summed E-state index contributed by atoms with van der Waals surface area (Å²) in [5, 5.41) is 4.76. The Kier molecular flexibility index (Phi) is 6.27. The normalized spacial score (nSPS) is 10.9. The number of aromatic nitrogens is 1. The lowest BCUT2D eigenvalue weighted by atomic mass is 10.1. The van der Waals surface area contributed by atoms with E-state index in [0.717, 1.165) is 11.4 Å². The van der Waals surface area contributed by atoms with Gasteiger partial charge in [0.1, 0.15) is 11.3 Å². The van der Waals surface area contributed by atoms with Crippen molar-refractivity contribution in [3.8, 4) is 5.75 Å². The third-order valence-corrected chi connectivity index (χ3v) is 4.39. The molecule has 2 aromatic carbocycles. The lowest BCUT2D eigenvalue weighted by molar-refractivity contribution is 0.0527. The molecule has 1 N–H and O–H groups in total. The Morgan fingerprint density at radius 2 is 1.89 bits per heavy atom. The van der Waals surface area contributed by atoms with Crippen LogP contribution in [0.25, 0.3) is 10.9 Å². The minimum Gasteiger partial charge on any atom is -0.491 e. The van der Waals surface area contributed by atoms with Gasteiger partial charge in [-0.3, -0.25) is 4.98 Å². The van der Waals surface area contributed by atoms with Gasteiger partial charge in [0.05, 0.1) is 28.9 Å². The maximum Gasteiger partial charge on any atom is 0.341 e. The van der Waals surface area contributed by atoms with Gasteiger partial charge in [-0.05, 0) is 57.2 Å². The molecule has 146 valence electrons. The number of carbonyl (C=O) groups excluding carboxylic acids is 1. The molecular weight excluding hydrogens is 399 g/mol. The maximum atomic E-state index is 12.5. The molecule has 0 radical (unpaired) electrons. The number of carbonyl (C=O) groups is 1. The minimum absolute atomic E-state index is 0.0858. The first-order valence-electron chi connectivity index (χ1n) is 8.87. The van der Waals surface area contributed by atoms with E-state index in [1.165, 1.54) is 6.20 Å². The van der Waals surface area contributed by atoms with Gasteiger partial charge in [-0.2, -0.15) is 0 Å². The van der Waals surface area contributed by atoms with E-state index in [1.807, 2.05) is 38.1 Å². The molecule has 1 aromatic heterocycles. The number of esters is 1. The fraction of sp³-hybridized carbons (Fsp3) is 0.238. The second kappa shape index (κ2) is 8.67. The van der Waals surface area contributed by atoms with Gasteiger partial charge in [-0.25, -0.2) is 4.79 Å². The molecule has 1 heterocycles. The monoisotopic (exact) mass is 418 g/mol. The molecule has 0 unspecified atom stereocenters. The Labute approximate surface area is 173 Å². The van der Waals surface area contributed by atoms with Crippen LogP contribution in [0.1, 0.15) is 31.1 Å². The molecule has 0 bridgehead atoms. The zero-order chi connectivity index (χ0) is 20.3. The van der Waals surface area contributed by atoms with Crippen molar-refractivity contribution in [1.29, 1.82) is 0 Å². The van der Waals surface area contributed by atoms with Gasteiger partial charge in [-0.15, -0.1) is 0 Å². The summed E-state index contributed by atoms with van der Waals surface area (Å²) in [7, 11) is 0. The summed E-state index contributed by atoms with van der Waals surface area (Å²) in [4.78, 5) is 16.8. The number of nitrogens with one attached hydrogen (secondary N) is 1. The predicted octanol–water partition coefficient (Wildman–Crippen LogP) is 6.25. The van der Waals surface area contributed by atoms with E-state index in [2.05, 4.69) is 10.3 Å². The number of pyridine rings is 1. The van der Waals surface area contributed by atoms with Crippen LogP contribution in [0.3, 0.4) is 0 Å². The third-order valence-electron chi connectivity index (χ3n) is 3.88. The number of rotatable bonds is 6. The van der Waals surface area contributed by atoms with E-state index >= 15 is 0 Å². The average Bonchev–Trinajstić information content (AvgIpc) is 2.63. The van der Waals surface area contributed by atoms with Crippen molar-refractivity contribution in [2.24, 2.45) is 0 Å². The fourth-order valence-electron chi connectivity index (χ4n) is 2.76. The number of anilines is 2. The van der Waals surface area contributed by atoms with E-state index in [-0.39, 0.29) is 12.7 Å². The van der Waals surface area contributed by atoms with Crippen LogP contribution >= 0.6 is 23.2 Å². The lowest BCUT2D eigenvalue weighted by Gasteiger charge is -2.16. The molecule has 0 saturated heterocycles. The summed E-state index contributed by atoms with van der Waals surface area (Å²) in [5.74, 6) is 0.284. The molecule has 3 rings (SSSR count). The van der Waals surface area contributed by atoms with Crippen LogP contribution in [-0.2, 0) is 4.74 Å². The summed E-state index contributed by atoms with van der Waals surface area (Å²) >= 11 is 12.5. The Morgan fingerprint density at radius 3 is 2.54 bits per heavy atom. The van der Waals surface area contributed by atoms with E-state index in [9.17, 15) is 4.79 Å². The van der Waals surface area contributed by atoms with Crippen molar-refractivity contribution in [3.05, 3.63) is 58.2 Å². The van der Waals surface area contributed by atoms with Crippen molar-refractivity contribution in [2.75, 3.05) is 11.9 Å². The molecule has 0 fully saturated rings. The van der Waals surface area contributed by atoms with Crippen LogP contribution in [0.15, 0.2) is 42.6 Å². The minimum atomic E-state index is -0.477. The zero-order valence-corrected chi connectivity index (χ0v) is 17.3. The van der Waals surface area contributed by atoms with Gasteiger partial charge < -0.3 is 14.8 Å². The third kappa shape index (κ3) is 4.49. The molecule has 28 heavy (non-hydrogen) atoms. The number of fused-ring (bicyclic) bond motifs is 1. The van der Waals surface area contributed by atoms with E-state index in [0.29, 0.717) is 32.2 Å². The molecule has 0 aliphatic heterocycles. The van der Waals surface area contributed by atoms with Crippen LogP contribution < -0.4 is 10.1 Å². The van der Waals surface area contributed by atoms with Gasteiger partial charge in [0.15, 0.2) is 0 Å². The molecule has 3 aromatic rings. The van der Waals surface area contributed by atoms with Crippen LogP contribution in [0.2, 0.25) is 10.0 Å². The standard InChI is InChI=1S/C21H20Cl2N2O3/c1-4-27-21(26)17-11-24-20-16(9-13(22)10-18(20)23)19(17)25-14-5-7-15(8-6-14)28-12(2)3/h5-12H,4H2,1-3H3,(H,24,25). The Bertz CT molecular complexity index is 1000. The van der Waals surface area contributed by atoms with Crippen LogP contribution in [0.5, 0.6) is 5.75 Å². The summed E-state index contributed by atoms with van der Waals surface area (Å²) in [6.45, 7) is 5.94. The average molecular weight is 419 g/mol. The maximum absolute atomic E-state index is 12.5. The summed E-state index contributed by atoms with van der Waals surface area (Å²) in [6, 6.07) is 10.8. The van der Waals surface area contributed by atoms with Crippen molar-refractivity contribution < 1.29 is 14.3 Å². The molecule has 0 saturated carbocycles. The van der Waals surface area contributed by atoms with Gasteiger partial charge in [-0.1, -0.05) is 23.2 Å². The molecule has 0 amide bonds. The molecule has 0 aliphatic rings. The first-order chi connectivity index (χ1) is 13.4. The number of ether oxygens (including phenoxy) is 2. The highest BCUT2D eigenvalue weighted by Gasteiger charge is 2.19. The number of halogens is 2. The Hall–Kier alpha value is -2.50. The zero-order valence-electron chi connectivity index (χ0n) is 15.8. The number of benzene rings is 2. The molecule has 5 nitrogen and oxygen atoms in total. The largest absolute Gasteiger partial charge is 0.491 e.